The van der Waals surface area contributed by atoms with Crippen molar-refractivity contribution in [2.24, 2.45) is 17.6 Å². The summed E-state index contributed by atoms with van der Waals surface area (Å²) in [6.07, 6.45) is 4.47. The first-order valence-electron chi connectivity index (χ1n) is 6.66. The summed E-state index contributed by atoms with van der Waals surface area (Å²) in [4.78, 5) is 14.3. The van der Waals surface area contributed by atoms with E-state index in [0.29, 0.717) is 17.9 Å². The van der Waals surface area contributed by atoms with Gasteiger partial charge in [0, 0.05) is 18.5 Å². The Kier molecular flexibility index (Phi) is 5.26. The van der Waals surface area contributed by atoms with E-state index < -0.39 is 0 Å². The van der Waals surface area contributed by atoms with Crippen LogP contribution in [-0.2, 0) is 4.79 Å². The van der Waals surface area contributed by atoms with Crippen molar-refractivity contribution in [2.45, 2.75) is 52.5 Å². The van der Waals surface area contributed by atoms with E-state index in [4.69, 9.17) is 5.73 Å². The third-order valence-electron chi connectivity index (χ3n) is 3.98. The molecular formula is C13H26N2O. The van der Waals surface area contributed by atoms with Crippen LogP contribution in [-0.4, -0.2) is 29.9 Å². The molecule has 1 aliphatic rings. The summed E-state index contributed by atoms with van der Waals surface area (Å²) >= 11 is 0. The van der Waals surface area contributed by atoms with E-state index in [9.17, 15) is 4.79 Å². The third kappa shape index (κ3) is 2.76. The zero-order chi connectivity index (χ0) is 12.1. The molecule has 0 radical (unpaired) electrons. The van der Waals surface area contributed by atoms with Gasteiger partial charge in [0.05, 0.1) is 0 Å². The van der Waals surface area contributed by atoms with Gasteiger partial charge in [-0.25, -0.2) is 0 Å². The minimum Gasteiger partial charge on any atom is -0.339 e. The fraction of sp³-hybridized carbons (Fsp3) is 0.923. The van der Waals surface area contributed by atoms with Crippen LogP contribution in [0.3, 0.4) is 0 Å². The molecule has 1 fully saturated rings. The molecule has 3 nitrogen and oxygen atoms in total. The lowest BCUT2D eigenvalue weighted by molar-refractivity contribution is -0.137. The minimum atomic E-state index is 0.152. The van der Waals surface area contributed by atoms with E-state index in [0.717, 1.165) is 25.9 Å². The summed E-state index contributed by atoms with van der Waals surface area (Å²) in [5.41, 5.74) is 5.79. The predicted octanol–water partition coefficient (Wildman–Crippen LogP) is 2.01. The molecule has 16 heavy (non-hydrogen) atoms. The van der Waals surface area contributed by atoms with E-state index in [2.05, 4.69) is 18.7 Å². The standard InChI is InChI=1S/C13H26N2O/c1-4-10(3)13(16)15(5-2)12-8-6-7-11(12)9-14/h10-12H,4-9,14H2,1-3H3. The van der Waals surface area contributed by atoms with Crippen LogP contribution in [0.15, 0.2) is 0 Å². The molecule has 94 valence electrons. The smallest absolute Gasteiger partial charge is 0.225 e. The highest BCUT2D eigenvalue weighted by Gasteiger charge is 2.34. The number of amides is 1. The van der Waals surface area contributed by atoms with Crippen LogP contribution < -0.4 is 5.73 Å². The van der Waals surface area contributed by atoms with Crippen LogP contribution in [0.4, 0.5) is 0 Å². The van der Waals surface area contributed by atoms with Crippen LogP contribution in [0.1, 0.15) is 46.5 Å². The first kappa shape index (κ1) is 13.5. The van der Waals surface area contributed by atoms with Crippen LogP contribution >= 0.6 is 0 Å². The number of hydrogen-bond donors (Lipinski definition) is 1. The second kappa shape index (κ2) is 6.24. The molecular weight excluding hydrogens is 200 g/mol. The number of nitrogens with zero attached hydrogens (tertiary/aromatic N) is 1. The number of rotatable bonds is 5. The van der Waals surface area contributed by atoms with E-state index in [1.807, 2.05) is 6.92 Å². The van der Waals surface area contributed by atoms with Crippen LogP contribution in [0.5, 0.6) is 0 Å². The van der Waals surface area contributed by atoms with Crippen molar-refractivity contribution in [3.63, 3.8) is 0 Å². The van der Waals surface area contributed by atoms with Crippen LogP contribution in [0.25, 0.3) is 0 Å². The van der Waals surface area contributed by atoms with Gasteiger partial charge in [0.2, 0.25) is 5.91 Å². The van der Waals surface area contributed by atoms with Gasteiger partial charge in [0.25, 0.3) is 0 Å². The van der Waals surface area contributed by atoms with E-state index in [-0.39, 0.29) is 5.92 Å². The Morgan fingerprint density at radius 1 is 1.44 bits per heavy atom. The second-order valence-corrected chi connectivity index (χ2v) is 4.93. The van der Waals surface area contributed by atoms with E-state index in [1.165, 1.54) is 12.8 Å². The molecule has 0 aliphatic heterocycles. The van der Waals surface area contributed by atoms with Gasteiger partial charge >= 0.3 is 0 Å². The minimum absolute atomic E-state index is 0.152. The summed E-state index contributed by atoms with van der Waals surface area (Å²) in [5, 5.41) is 0. The van der Waals surface area contributed by atoms with Gasteiger partial charge in [-0.1, -0.05) is 20.3 Å². The monoisotopic (exact) mass is 226 g/mol. The highest BCUT2D eigenvalue weighted by atomic mass is 16.2. The lowest BCUT2D eigenvalue weighted by Crippen LogP contribution is -2.46. The maximum absolute atomic E-state index is 12.2. The van der Waals surface area contributed by atoms with Gasteiger partial charge < -0.3 is 10.6 Å². The molecule has 0 aromatic rings. The number of nitrogens with two attached hydrogens (primary N) is 1. The fourth-order valence-electron chi connectivity index (χ4n) is 2.71. The first-order valence-corrected chi connectivity index (χ1v) is 6.66. The molecule has 1 aliphatic carbocycles. The summed E-state index contributed by atoms with van der Waals surface area (Å²) in [6.45, 7) is 7.72. The Bertz CT molecular complexity index is 230. The lowest BCUT2D eigenvalue weighted by atomic mass is 9.99. The molecule has 0 spiro atoms. The maximum atomic E-state index is 12.2. The van der Waals surface area contributed by atoms with Gasteiger partial charge in [-0.05, 0) is 38.6 Å². The van der Waals surface area contributed by atoms with Crippen LogP contribution in [0.2, 0.25) is 0 Å². The average Bonchev–Trinajstić information content (AvgIpc) is 2.77. The van der Waals surface area contributed by atoms with Gasteiger partial charge in [-0.3, -0.25) is 4.79 Å². The summed E-state index contributed by atoms with van der Waals surface area (Å²) in [6, 6.07) is 0.400. The van der Waals surface area contributed by atoms with Crippen molar-refractivity contribution < 1.29 is 4.79 Å². The summed E-state index contributed by atoms with van der Waals surface area (Å²) in [7, 11) is 0. The topological polar surface area (TPSA) is 46.3 Å². The largest absolute Gasteiger partial charge is 0.339 e. The Morgan fingerprint density at radius 2 is 2.12 bits per heavy atom. The van der Waals surface area contributed by atoms with E-state index >= 15 is 0 Å². The summed E-state index contributed by atoms with van der Waals surface area (Å²) in [5.74, 6) is 0.988. The molecule has 0 bridgehead atoms. The van der Waals surface area contributed by atoms with Crippen molar-refractivity contribution in [1.82, 2.24) is 4.90 Å². The van der Waals surface area contributed by atoms with Gasteiger partial charge in [0.1, 0.15) is 0 Å². The van der Waals surface area contributed by atoms with Crippen molar-refractivity contribution in [3.05, 3.63) is 0 Å². The lowest BCUT2D eigenvalue weighted by Gasteiger charge is -2.33. The zero-order valence-electron chi connectivity index (χ0n) is 10.9. The highest BCUT2D eigenvalue weighted by molar-refractivity contribution is 5.78. The highest BCUT2D eigenvalue weighted by Crippen LogP contribution is 2.30. The van der Waals surface area contributed by atoms with Crippen molar-refractivity contribution in [2.75, 3.05) is 13.1 Å². The molecule has 0 aromatic heterocycles. The second-order valence-electron chi connectivity index (χ2n) is 4.93. The fourth-order valence-corrected chi connectivity index (χ4v) is 2.71. The average molecular weight is 226 g/mol. The Morgan fingerprint density at radius 3 is 2.62 bits per heavy atom. The number of hydrogen-bond acceptors (Lipinski definition) is 2. The van der Waals surface area contributed by atoms with E-state index in [1.54, 1.807) is 0 Å². The zero-order valence-corrected chi connectivity index (χ0v) is 10.9. The van der Waals surface area contributed by atoms with Gasteiger partial charge in [-0.2, -0.15) is 0 Å². The molecule has 3 unspecified atom stereocenters. The molecule has 3 atom stereocenters. The Hall–Kier alpha value is -0.570. The first-order chi connectivity index (χ1) is 7.65. The van der Waals surface area contributed by atoms with Crippen molar-refractivity contribution in [3.8, 4) is 0 Å². The molecule has 3 heteroatoms. The predicted molar refractivity (Wildman–Crippen MR) is 67.0 cm³/mol. The molecule has 1 rings (SSSR count). The third-order valence-corrected chi connectivity index (χ3v) is 3.98. The normalized spacial score (nSPS) is 26.8. The summed E-state index contributed by atoms with van der Waals surface area (Å²) < 4.78 is 0. The Balaban J connectivity index is 2.69. The number of carbonyl (C=O) groups excluding carboxylic acids is 1. The quantitative estimate of drug-likeness (QED) is 0.779. The SMILES string of the molecule is CCC(C)C(=O)N(CC)C1CCCC1CN. The van der Waals surface area contributed by atoms with Crippen LogP contribution in [0, 0.1) is 11.8 Å². The van der Waals surface area contributed by atoms with Crippen molar-refractivity contribution >= 4 is 5.91 Å². The maximum Gasteiger partial charge on any atom is 0.225 e. The molecule has 0 aromatic carbocycles. The van der Waals surface area contributed by atoms with Gasteiger partial charge in [0.15, 0.2) is 0 Å². The van der Waals surface area contributed by atoms with Gasteiger partial charge in [-0.15, -0.1) is 0 Å². The molecule has 0 heterocycles. The molecule has 1 saturated carbocycles. The molecule has 2 N–H and O–H groups in total. The number of carbonyl (C=O) groups is 1. The molecule has 1 amide bonds. The Labute approximate surface area is 99.4 Å². The molecule has 0 saturated heterocycles. The van der Waals surface area contributed by atoms with Crippen molar-refractivity contribution in [1.29, 1.82) is 0 Å².